The molecule has 0 aliphatic carbocycles. The van der Waals surface area contributed by atoms with Gasteiger partial charge in [0, 0.05) is 12.4 Å². The van der Waals surface area contributed by atoms with Gasteiger partial charge in [-0.3, -0.25) is 9.78 Å². The quantitative estimate of drug-likeness (QED) is 0.890. The van der Waals surface area contributed by atoms with Crippen LogP contribution in [-0.2, 0) is 0 Å². The number of aromatic nitrogens is 1. The second kappa shape index (κ2) is 4.97. The Morgan fingerprint density at radius 3 is 2.83 bits per heavy atom. The first-order valence-electron chi connectivity index (χ1n) is 5.12. The fourth-order valence-electron chi connectivity index (χ4n) is 1.44. The molecular formula is C12H10N2O3S. The van der Waals surface area contributed by atoms with Crippen LogP contribution in [-0.4, -0.2) is 22.0 Å². The van der Waals surface area contributed by atoms with E-state index in [1.807, 2.05) is 0 Å². The van der Waals surface area contributed by atoms with Gasteiger partial charge in [-0.25, -0.2) is 4.79 Å². The largest absolute Gasteiger partial charge is 0.477 e. The van der Waals surface area contributed by atoms with Gasteiger partial charge in [0.1, 0.15) is 4.88 Å². The maximum atomic E-state index is 11.9. The molecule has 0 aliphatic heterocycles. The van der Waals surface area contributed by atoms with E-state index in [2.05, 4.69) is 10.3 Å². The number of carboxylic acid groups (broad SMARTS) is 1. The van der Waals surface area contributed by atoms with Crippen LogP contribution in [0.3, 0.4) is 0 Å². The summed E-state index contributed by atoms with van der Waals surface area (Å²) in [4.78, 5) is 26.9. The maximum Gasteiger partial charge on any atom is 0.348 e. The van der Waals surface area contributed by atoms with Crippen LogP contribution in [0.2, 0.25) is 0 Å². The number of amides is 1. The van der Waals surface area contributed by atoms with Crippen molar-refractivity contribution < 1.29 is 14.7 Å². The number of nitrogens with zero attached hydrogens (tertiary/aromatic N) is 1. The molecule has 0 saturated heterocycles. The van der Waals surface area contributed by atoms with Gasteiger partial charge in [-0.1, -0.05) is 0 Å². The van der Waals surface area contributed by atoms with Crippen LogP contribution in [0, 0.1) is 6.92 Å². The van der Waals surface area contributed by atoms with Gasteiger partial charge in [0.15, 0.2) is 0 Å². The summed E-state index contributed by atoms with van der Waals surface area (Å²) in [5.74, 6) is -1.42. The molecule has 0 bridgehead atoms. The zero-order valence-electron chi connectivity index (χ0n) is 9.51. The Bertz CT molecular complexity index is 593. The lowest BCUT2D eigenvalue weighted by molar-refractivity contribution is 0.0703. The van der Waals surface area contributed by atoms with Crippen LogP contribution in [0.25, 0.3) is 0 Å². The first-order valence-corrected chi connectivity index (χ1v) is 6.00. The molecule has 5 nitrogen and oxygen atoms in total. The molecule has 2 aromatic heterocycles. The van der Waals surface area contributed by atoms with Gasteiger partial charge >= 0.3 is 5.97 Å². The summed E-state index contributed by atoms with van der Waals surface area (Å²) in [7, 11) is 0. The SMILES string of the molecule is Cc1csc(C(=O)O)c1NC(=O)c1cccnc1. The molecule has 2 rings (SSSR count). The number of pyridine rings is 1. The summed E-state index contributed by atoms with van der Waals surface area (Å²) in [5.41, 5.74) is 1.47. The monoisotopic (exact) mass is 262 g/mol. The van der Waals surface area contributed by atoms with E-state index >= 15 is 0 Å². The Labute approximate surface area is 107 Å². The molecule has 18 heavy (non-hydrogen) atoms. The molecule has 1 amide bonds. The Hall–Kier alpha value is -2.21. The van der Waals surface area contributed by atoms with E-state index < -0.39 is 5.97 Å². The number of carboxylic acids is 1. The summed E-state index contributed by atoms with van der Waals surface area (Å²) < 4.78 is 0. The molecule has 0 spiro atoms. The number of aryl methyl sites for hydroxylation is 1. The van der Waals surface area contributed by atoms with Gasteiger partial charge < -0.3 is 10.4 Å². The fraction of sp³-hybridized carbons (Fsp3) is 0.0833. The van der Waals surface area contributed by atoms with Crippen molar-refractivity contribution in [2.75, 3.05) is 5.32 Å². The second-order valence-corrected chi connectivity index (χ2v) is 4.50. The molecule has 0 saturated carbocycles. The number of thiophene rings is 1. The van der Waals surface area contributed by atoms with Gasteiger partial charge in [-0.2, -0.15) is 0 Å². The number of nitrogens with one attached hydrogen (secondary N) is 1. The Balaban J connectivity index is 2.27. The zero-order chi connectivity index (χ0) is 13.1. The van der Waals surface area contributed by atoms with E-state index in [9.17, 15) is 9.59 Å². The van der Waals surface area contributed by atoms with E-state index in [0.29, 0.717) is 11.3 Å². The molecule has 6 heteroatoms. The van der Waals surface area contributed by atoms with Gasteiger partial charge in [-0.15, -0.1) is 11.3 Å². The molecule has 2 N–H and O–H groups in total. The Kier molecular flexibility index (Phi) is 3.38. The van der Waals surface area contributed by atoms with Crippen LogP contribution in [0.5, 0.6) is 0 Å². The Morgan fingerprint density at radius 2 is 2.22 bits per heavy atom. The Morgan fingerprint density at radius 1 is 1.44 bits per heavy atom. The molecule has 92 valence electrons. The number of carbonyl (C=O) groups excluding carboxylic acids is 1. The standard InChI is InChI=1S/C12H10N2O3S/c1-7-6-18-10(12(16)17)9(7)14-11(15)8-3-2-4-13-5-8/h2-6H,1H3,(H,14,15)(H,16,17). The van der Waals surface area contributed by atoms with Crippen LogP contribution >= 0.6 is 11.3 Å². The molecule has 2 aromatic rings. The molecule has 0 fully saturated rings. The topological polar surface area (TPSA) is 79.3 Å². The van der Waals surface area contributed by atoms with E-state index in [-0.39, 0.29) is 10.8 Å². The summed E-state index contributed by atoms with van der Waals surface area (Å²) in [5, 5.41) is 13.3. The summed E-state index contributed by atoms with van der Waals surface area (Å²) >= 11 is 1.09. The van der Waals surface area contributed by atoms with Gasteiger partial charge in [0.05, 0.1) is 11.3 Å². The first-order chi connectivity index (χ1) is 8.59. The molecule has 2 heterocycles. The summed E-state index contributed by atoms with van der Waals surface area (Å²) in [6.07, 6.45) is 2.99. The number of hydrogen-bond donors (Lipinski definition) is 2. The highest BCUT2D eigenvalue weighted by molar-refractivity contribution is 7.12. The lowest BCUT2D eigenvalue weighted by Gasteiger charge is -2.05. The van der Waals surface area contributed by atoms with Crippen LogP contribution in [0.1, 0.15) is 25.6 Å². The minimum absolute atomic E-state index is 0.129. The smallest absolute Gasteiger partial charge is 0.348 e. The maximum absolute atomic E-state index is 11.9. The van der Waals surface area contributed by atoms with Crippen molar-refractivity contribution in [1.29, 1.82) is 0 Å². The third kappa shape index (κ3) is 2.38. The van der Waals surface area contributed by atoms with Crippen LogP contribution in [0.4, 0.5) is 5.69 Å². The molecule has 0 atom stereocenters. The molecular weight excluding hydrogens is 252 g/mol. The fourth-order valence-corrected chi connectivity index (χ4v) is 2.28. The lowest BCUT2D eigenvalue weighted by Crippen LogP contribution is -2.14. The van der Waals surface area contributed by atoms with Crippen molar-refractivity contribution in [3.05, 3.63) is 45.9 Å². The number of hydrogen-bond acceptors (Lipinski definition) is 4. The van der Waals surface area contributed by atoms with Crippen LogP contribution < -0.4 is 5.32 Å². The lowest BCUT2D eigenvalue weighted by atomic mass is 10.2. The van der Waals surface area contributed by atoms with Crippen molar-refractivity contribution in [1.82, 2.24) is 4.98 Å². The third-order valence-electron chi connectivity index (χ3n) is 2.33. The highest BCUT2D eigenvalue weighted by Crippen LogP contribution is 2.27. The molecule has 0 aliphatic rings. The van der Waals surface area contributed by atoms with Crippen molar-refractivity contribution >= 4 is 28.9 Å². The minimum atomic E-state index is -1.05. The first kappa shape index (κ1) is 12.3. The molecule has 0 aromatic carbocycles. The molecule has 0 radical (unpaired) electrons. The van der Waals surface area contributed by atoms with E-state index in [4.69, 9.17) is 5.11 Å². The van der Waals surface area contributed by atoms with Crippen molar-refractivity contribution in [3.63, 3.8) is 0 Å². The number of aromatic carboxylic acids is 1. The van der Waals surface area contributed by atoms with Crippen molar-refractivity contribution in [3.8, 4) is 0 Å². The minimum Gasteiger partial charge on any atom is -0.477 e. The van der Waals surface area contributed by atoms with Crippen LogP contribution in [0.15, 0.2) is 29.9 Å². The highest BCUT2D eigenvalue weighted by Gasteiger charge is 2.17. The summed E-state index contributed by atoms with van der Waals surface area (Å²) in [6.45, 7) is 1.75. The van der Waals surface area contributed by atoms with Gasteiger partial charge in [0.2, 0.25) is 0 Å². The summed E-state index contributed by atoms with van der Waals surface area (Å²) in [6, 6.07) is 3.26. The van der Waals surface area contributed by atoms with Crippen molar-refractivity contribution in [2.45, 2.75) is 6.92 Å². The average Bonchev–Trinajstić information content (AvgIpc) is 2.72. The third-order valence-corrected chi connectivity index (χ3v) is 3.42. The average molecular weight is 262 g/mol. The predicted molar refractivity (Wildman–Crippen MR) is 68.2 cm³/mol. The number of carbonyl (C=O) groups is 2. The number of anilines is 1. The van der Waals surface area contributed by atoms with E-state index in [1.165, 1.54) is 6.20 Å². The molecule has 0 unspecified atom stereocenters. The van der Waals surface area contributed by atoms with Gasteiger partial charge in [0.25, 0.3) is 5.91 Å². The second-order valence-electron chi connectivity index (χ2n) is 3.62. The van der Waals surface area contributed by atoms with Crippen molar-refractivity contribution in [2.24, 2.45) is 0 Å². The number of rotatable bonds is 3. The normalized spacial score (nSPS) is 10.1. The zero-order valence-corrected chi connectivity index (χ0v) is 10.3. The van der Waals surface area contributed by atoms with Gasteiger partial charge in [-0.05, 0) is 30.0 Å². The van der Waals surface area contributed by atoms with E-state index in [1.54, 1.807) is 30.6 Å². The predicted octanol–water partition coefficient (Wildman–Crippen LogP) is 2.40. The van der Waals surface area contributed by atoms with E-state index in [0.717, 1.165) is 16.9 Å². The highest BCUT2D eigenvalue weighted by atomic mass is 32.1.